The van der Waals surface area contributed by atoms with E-state index < -0.39 is 0 Å². The smallest absolute Gasteiger partial charge is 0.265 e. The van der Waals surface area contributed by atoms with Crippen molar-refractivity contribution in [2.45, 2.75) is 32.7 Å². The number of benzene rings is 1. The zero-order chi connectivity index (χ0) is 18.0. The van der Waals surface area contributed by atoms with E-state index in [1.54, 1.807) is 24.3 Å². The van der Waals surface area contributed by atoms with Crippen LogP contribution in [0.25, 0.3) is 0 Å². The molecule has 6 heteroatoms. The fourth-order valence-corrected chi connectivity index (χ4v) is 4.18. The number of carbonyl (C=O) groups is 2. The predicted molar refractivity (Wildman–Crippen MR) is 103 cm³/mol. The quantitative estimate of drug-likeness (QED) is 0.823. The lowest BCUT2D eigenvalue weighted by Crippen LogP contribution is -2.37. The highest BCUT2D eigenvalue weighted by atomic mass is 35.5. The van der Waals surface area contributed by atoms with Crippen molar-refractivity contribution in [3.63, 3.8) is 0 Å². The number of hydrogen-bond donors (Lipinski definition) is 1. The SMILES string of the molecule is CC[C@@H]1[C@@H](C)CCN1C(=O)c1ccc(Cl)c(NC(=O)c2cccs2)c1. The van der Waals surface area contributed by atoms with E-state index in [0.29, 0.717) is 27.1 Å². The summed E-state index contributed by atoms with van der Waals surface area (Å²) in [5.74, 6) is 0.293. The number of anilines is 1. The molecule has 0 bridgehead atoms. The zero-order valence-electron chi connectivity index (χ0n) is 14.3. The Hall–Kier alpha value is -1.85. The second-order valence-electron chi connectivity index (χ2n) is 6.37. The van der Waals surface area contributed by atoms with Gasteiger partial charge in [0.15, 0.2) is 0 Å². The highest BCUT2D eigenvalue weighted by Gasteiger charge is 2.33. The lowest BCUT2D eigenvalue weighted by atomic mass is 10.0. The molecule has 1 saturated heterocycles. The summed E-state index contributed by atoms with van der Waals surface area (Å²) in [6.45, 7) is 5.08. The lowest BCUT2D eigenvalue weighted by molar-refractivity contribution is 0.0718. The maximum absolute atomic E-state index is 12.9. The van der Waals surface area contributed by atoms with Gasteiger partial charge in [0.25, 0.3) is 11.8 Å². The summed E-state index contributed by atoms with van der Waals surface area (Å²) in [5, 5.41) is 5.06. The Balaban J connectivity index is 1.81. The molecular formula is C19H21ClN2O2S. The predicted octanol–water partition coefficient (Wildman–Crippen LogP) is 4.91. The second-order valence-corrected chi connectivity index (χ2v) is 7.72. The molecule has 1 aliphatic heterocycles. The van der Waals surface area contributed by atoms with Gasteiger partial charge in [0.05, 0.1) is 15.6 Å². The molecule has 1 aromatic carbocycles. The summed E-state index contributed by atoms with van der Waals surface area (Å²) in [4.78, 5) is 27.7. The Morgan fingerprint density at radius 1 is 1.36 bits per heavy atom. The van der Waals surface area contributed by atoms with Crippen LogP contribution < -0.4 is 5.32 Å². The molecule has 4 nitrogen and oxygen atoms in total. The topological polar surface area (TPSA) is 49.4 Å². The highest BCUT2D eigenvalue weighted by molar-refractivity contribution is 7.12. The summed E-state index contributed by atoms with van der Waals surface area (Å²) in [6.07, 6.45) is 1.97. The summed E-state index contributed by atoms with van der Waals surface area (Å²) in [7, 11) is 0. The number of carbonyl (C=O) groups excluding carboxylic acids is 2. The van der Waals surface area contributed by atoms with E-state index in [0.717, 1.165) is 19.4 Å². The van der Waals surface area contributed by atoms with Gasteiger partial charge < -0.3 is 10.2 Å². The maximum Gasteiger partial charge on any atom is 0.265 e. The van der Waals surface area contributed by atoms with Gasteiger partial charge in [0.2, 0.25) is 0 Å². The zero-order valence-corrected chi connectivity index (χ0v) is 15.9. The first-order valence-electron chi connectivity index (χ1n) is 8.46. The molecule has 2 heterocycles. The molecule has 0 saturated carbocycles. The van der Waals surface area contributed by atoms with Crippen LogP contribution >= 0.6 is 22.9 Å². The highest BCUT2D eigenvalue weighted by Crippen LogP contribution is 2.30. The Morgan fingerprint density at radius 3 is 2.84 bits per heavy atom. The van der Waals surface area contributed by atoms with Crippen LogP contribution in [0.2, 0.25) is 5.02 Å². The van der Waals surface area contributed by atoms with Crippen LogP contribution in [-0.4, -0.2) is 29.3 Å². The van der Waals surface area contributed by atoms with Crippen LogP contribution in [0.4, 0.5) is 5.69 Å². The molecule has 1 fully saturated rings. The molecule has 0 unspecified atom stereocenters. The Bertz CT molecular complexity index is 776. The number of nitrogens with zero attached hydrogens (tertiary/aromatic N) is 1. The van der Waals surface area contributed by atoms with Crippen LogP contribution in [-0.2, 0) is 0 Å². The molecule has 0 spiro atoms. The van der Waals surface area contributed by atoms with Gasteiger partial charge in [-0.25, -0.2) is 0 Å². The maximum atomic E-state index is 12.9. The molecule has 3 rings (SSSR count). The van der Waals surface area contributed by atoms with Crippen molar-refractivity contribution in [3.05, 3.63) is 51.2 Å². The molecule has 2 aromatic rings. The van der Waals surface area contributed by atoms with Crippen LogP contribution in [0, 0.1) is 5.92 Å². The summed E-state index contributed by atoms with van der Waals surface area (Å²) in [6, 6.07) is 8.90. The molecule has 2 atom stereocenters. The third-order valence-corrected chi connectivity index (χ3v) is 5.97. The van der Waals surface area contributed by atoms with Gasteiger partial charge in [0, 0.05) is 18.2 Å². The van der Waals surface area contributed by atoms with Gasteiger partial charge >= 0.3 is 0 Å². The van der Waals surface area contributed by atoms with Crippen LogP contribution in [0.1, 0.15) is 46.7 Å². The molecule has 132 valence electrons. The first-order chi connectivity index (χ1) is 12.0. The van der Waals surface area contributed by atoms with Gasteiger partial charge in [-0.3, -0.25) is 9.59 Å². The number of hydrogen-bond acceptors (Lipinski definition) is 3. The Morgan fingerprint density at radius 2 is 2.16 bits per heavy atom. The standard InChI is InChI=1S/C19H21ClN2O2S/c1-3-16-12(2)8-9-22(16)19(24)13-6-7-14(20)15(11-13)21-18(23)17-5-4-10-25-17/h4-7,10-12,16H,3,8-9H2,1-2H3,(H,21,23)/t12-,16+/m0/s1. The number of thiophene rings is 1. The fourth-order valence-electron chi connectivity index (χ4n) is 3.39. The van der Waals surface area contributed by atoms with Gasteiger partial charge in [-0.05, 0) is 48.4 Å². The van der Waals surface area contributed by atoms with Crippen molar-refractivity contribution in [2.24, 2.45) is 5.92 Å². The van der Waals surface area contributed by atoms with Crippen molar-refractivity contribution < 1.29 is 9.59 Å². The summed E-state index contributed by atoms with van der Waals surface area (Å²) < 4.78 is 0. The van der Waals surface area contributed by atoms with Crippen molar-refractivity contribution >= 4 is 40.4 Å². The number of amides is 2. The van der Waals surface area contributed by atoms with Crippen molar-refractivity contribution in [1.29, 1.82) is 0 Å². The third kappa shape index (κ3) is 3.72. The first-order valence-corrected chi connectivity index (χ1v) is 9.72. The van der Waals surface area contributed by atoms with Crippen molar-refractivity contribution in [1.82, 2.24) is 4.90 Å². The molecular weight excluding hydrogens is 356 g/mol. The van der Waals surface area contributed by atoms with Crippen molar-refractivity contribution in [2.75, 3.05) is 11.9 Å². The van der Waals surface area contributed by atoms with Crippen molar-refractivity contribution in [3.8, 4) is 0 Å². The average Bonchev–Trinajstić information content (AvgIpc) is 3.25. The number of halogens is 1. The lowest BCUT2D eigenvalue weighted by Gasteiger charge is -2.26. The monoisotopic (exact) mass is 376 g/mol. The number of rotatable bonds is 4. The van der Waals surface area contributed by atoms with Gasteiger partial charge in [-0.2, -0.15) is 0 Å². The van der Waals surface area contributed by atoms with E-state index in [4.69, 9.17) is 11.6 Å². The van der Waals surface area contributed by atoms with Crippen LogP contribution in [0.5, 0.6) is 0 Å². The fraction of sp³-hybridized carbons (Fsp3) is 0.368. The Labute approximate surface area is 156 Å². The Kier molecular flexibility index (Phi) is 5.45. The van der Waals surface area contributed by atoms with E-state index in [1.807, 2.05) is 16.3 Å². The van der Waals surface area contributed by atoms with E-state index >= 15 is 0 Å². The average molecular weight is 377 g/mol. The largest absolute Gasteiger partial charge is 0.335 e. The van der Waals surface area contributed by atoms with E-state index in [9.17, 15) is 9.59 Å². The molecule has 1 N–H and O–H groups in total. The number of nitrogens with one attached hydrogen (secondary N) is 1. The van der Waals surface area contributed by atoms with Gasteiger partial charge in [-0.1, -0.05) is 31.5 Å². The minimum Gasteiger partial charge on any atom is -0.335 e. The van der Waals surface area contributed by atoms with Crippen LogP contribution in [0.3, 0.4) is 0 Å². The van der Waals surface area contributed by atoms with E-state index in [2.05, 4.69) is 19.2 Å². The van der Waals surface area contributed by atoms with Gasteiger partial charge in [-0.15, -0.1) is 11.3 Å². The number of likely N-dealkylation sites (tertiary alicyclic amines) is 1. The van der Waals surface area contributed by atoms with E-state index in [1.165, 1.54) is 11.3 Å². The third-order valence-electron chi connectivity index (χ3n) is 4.77. The molecule has 1 aromatic heterocycles. The second kappa shape index (κ2) is 7.58. The minimum absolute atomic E-state index is 0.000473. The molecule has 0 radical (unpaired) electrons. The van der Waals surface area contributed by atoms with Gasteiger partial charge in [0.1, 0.15) is 0 Å². The van der Waals surface area contributed by atoms with Crippen LogP contribution in [0.15, 0.2) is 35.7 Å². The summed E-state index contributed by atoms with van der Waals surface area (Å²) in [5.41, 5.74) is 1.02. The van der Waals surface area contributed by atoms with E-state index in [-0.39, 0.29) is 17.9 Å². The molecule has 2 amide bonds. The summed E-state index contributed by atoms with van der Waals surface area (Å²) >= 11 is 7.57. The first kappa shape index (κ1) is 18.0. The molecule has 1 aliphatic rings. The molecule has 0 aliphatic carbocycles. The molecule has 25 heavy (non-hydrogen) atoms. The normalized spacial score (nSPS) is 19.9. The minimum atomic E-state index is -0.220.